The van der Waals surface area contributed by atoms with Crippen molar-refractivity contribution in [3.8, 4) is 0 Å². The molecule has 0 aliphatic carbocycles. The fraction of sp³-hybridized carbons (Fsp3) is 0.562. The van der Waals surface area contributed by atoms with E-state index in [-0.39, 0.29) is 17.9 Å². The Bertz CT molecular complexity index is 680. The molecule has 1 saturated heterocycles. The third-order valence-corrected chi connectivity index (χ3v) is 4.65. The zero-order valence-corrected chi connectivity index (χ0v) is 14.7. The first kappa shape index (κ1) is 16.9. The lowest BCUT2D eigenvalue weighted by molar-refractivity contribution is 0.00940. The van der Waals surface area contributed by atoms with E-state index in [1.54, 1.807) is 12.4 Å². The Balaban J connectivity index is 1.58. The second kappa shape index (κ2) is 7.76. The molecule has 1 atom stereocenters. The highest BCUT2D eigenvalue weighted by atomic mass is 32.1. The van der Waals surface area contributed by atoms with Crippen LogP contribution in [0.15, 0.2) is 12.4 Å². The van der Waals surface area contributed by atoms with Gasteiger partial charge in [0.15, 0.2) is 5.82 Å². The van der Waals surface area contributed by atoms with Crippen molar-refractivity contribution in [3.63, 3.8) is 0 Å². The summed E-state index contributed by atoms with van der Waals surface area (Å²) in [6, 6.07) is 0. The van der Waals surface area contributed by atoms with Gasteiger partial charge in [0.2, 0.25) is 0 Å². The minimum atomic E-state index is -0.159. The SMILES string of the molecule is CC(C)c1nnsc1C(=O)NCc1cnc(C2CCCCO2)nc1. The molecule has 3 rings (SSSR count). The Hall–Kier alpha value is -1.93. The molecular weight excluding hydrogens is 326 g/mol. The van der Waals surface area contributed by atoms with Gasteiger partial charge >= 0.3 is 0 Å². The summed E-state index contributed by atoms with van der Waals surface area (Å²) >= 11 is 1.12. The summed E-state index contributed by atoms with van der Waals surface area (Å²) in [5.41, 5.74) is 1.59. The molecule has 0 spiro atoms. The molecule has 1 N–H and O–H groups in total. The fourth-order valence-corrected chi connectivity index (χ4v) is 3.30. The van der Waals surface area contributed by atoms with E-state index in [9.17, 15) is 4.79 Å². The van der Waals surface area contributed by atoms with E-state index < -0.39 is 0 Å². The summed E-state index contributed by atoms with van der Waals surface area (Å²) in [5.74, 6) is 0.731. The van der Waals surface area contributed by atoms with Crippen LogP contribution in [-0.2, 0) is 11.3 Å². The van der Waals surface area contributed by atoms with Gasteiger partial charge in [-0.1, -0.05) is 18.3 Å². The maximum absolute atomic E-state index is 12.3. The van der Waals surface area contributed by atoms with Crippen molar-refractivity contribution < 1.29 is 9.53 Å². The van der Waals surface area contributed by atoms with Gasteiger partial charge in [-0.25, -0.2) is 9.97 Å². The standard InChI is InChI=1S/C16H21N5O2S/c1-10(2)13-14(24-21-20-13)16(22)19-9-11-7-17-15(18-8-11)12-5-3-4-6-23-12/h7-8,10,12H,3-6,9H2,1-2H3,(H,19,22). The van der Waals surface area contributed by atoms with Crippen molar-refractivity contribution in [1.29, 1.82) is 0 Å². The summed E-state index contributed by atoms with van der Waals surface area (Å²) in [6.45, 7) is 5.13. The minimum absolute atomic E-state index is 0.000686. The van der Waals surface area contributed by atoms with E-state index >= 15 is 0 Å². The summed E-state index contributed by atoms with van der Waals surface area (Å²) < 4.78 is 9.55. The summed E-state index contributed by atoms with van der Waals surface area (Å²) in [4.78, 5) is 21.6. The highest BCUT2D eigenvalue weighted by Crippen LogP contribution is 2.25. The van der Waals surface area contributed by atoms with Crippen molar-refractivity contribution in [1.82, 2.24) is 24.9 Å². The molecular formula is C16H21N5O2S. The van der Waals surface area contributed by atoms with E-state index in [2.05, 4.69) is 24.9 Å². The van der Waals surface area contributed by atoms with Gasteiger partial charge in [-0.3, -0.25) is 4.79 Å². The Morgan fingerprint density at radius 3 is 2.83 bits per heavy atom. The van der Waals surface area contributed by atoms with Gasteiger partial charge in [0.25, 0.3) is 5.91 Å². The third-order valence-electron chi connectivity index (χ3n) is 3.91. The number of nitrogens with one attached hydrogen (secondary N) is 1. The minimum Gasteiger partial charge on any atom is -0.370 e. The molecule has 7 nitrogen and oxygen atoms in total. The Kier molecular flexibility index (Phi) is 5.47. The number of amides is 1. The molecule has 0 bridgehead atoms. The monoisotopic (exact) mass is 347 g/mol. The third kappa shape index (κ3) is 3.93. The van der Waals surface area contributed by atoms with Crippen LogP contribution in [0.2, 0.25) is 0 Å². The Morgan fingerprint density at radius 2 is 2.17 bits per heavy atom. The highest BCUT2D eigenvalue weighted by molar-refractivity contribution is 7.08. The maximum Gasteiger partial charge on any atom is 0.265 e. The molecule has 24 heavy (non-hydrogen) atoms. The first-order chi connectivity index (χ1) is 11.6. The first-order valence-corrected chi connectivity index (χ1v) is 8.95. The van der Waals surface area contributed by atoms with Gasteiger partial charge in [0.05, 0.1) is 5.69 Å². The van der Waals surface area contributed by atoms with Crippen molar-refractivity contribution in [2.24, 2.45) is 0 Å². The number of nitrogens with zero attached hydrogens (tertiary/aromatic N) is 4. The van der Waals surface area contributed by atoms with Crippen molar-refractivity contribution >= 4 is 17.4 Å². The van der Waals surface area contributed by atoms with E-state index in [1.165, 1.54) is 0 Å². The molecule has 8 heteroatoms. The van der Waals surface area contributed by atoms with Crippen LogP contribution < -0.4 is 5.32 Å². The molecule has 0 saturated carbocycles. The Labute approximate surface area is 145 Å². The highest BCUT2D eigenvalue weighted by Gasteiger charge is 2.20. The lowest BCUT2D eigenvalue weighted by Gasteiger charge is -2.21. The van der Waals surface area contributed by atoms with Gasteiger partial charge in [-0.2, -0.15) is 0 Å². The van der Waals surface area contributed by atoms with Crippen LogP contribution in [0.4, 0.5) is 0 Å². The molecule has 1 fully saturated rings. The largest absolute Gasteiger partial charge is 0.370 e. The molecule has 128 valence electrons. The molecule has 1 unspecified atom stereocenters. The quantitative estimate of drug-likeness (QED) is 0.894. The normalized spacial score (nSPS) is 17.9. The van der Waals surface area contributed by atoms with Gasteiger partial charge < -0.3 is 10.1 Å². The van der Waals surface area contributed by atoms with E-state index in [1.807, 2.05) is 13.8 Å². The first-order valence-electron chi connectivity index (χ1n) is 8.18. The van der Waals surface area contributed by atoms with Crippen molar-refractivity contribution in [2.75, 3.05) is 6.61 Å². The lowest BCUT2D eigenvalue weighted by Crippen LogP contribution is -2.23. The Morgan fingerprint density at radius 1 is 1.38 bits per heavy atom. The van der Waals surface area contributed by atoms with E-state index in [4.69, 9.17) is 4.74 Å². The predicted molar refractivity (Wildman–Crippen MR) is 89.7 cm³/mol. The zero-order valence-electron chi connectivity index (χ0n) is 13.9. The molecule has 1 amide bonds. The molecule has 0 radical (unpaired) electrons. The molecule has 3 heterocycles. The zero-order chi connectivity index (χ0) is 16.9. The number of carbonyl (C=O) groups is 1. The number of carbonyl (C=O) groups excluding carboxylic acids is 1. The van der Waals surface area contributed by atoms with Crippen LogP contribution in [0, 0.1) is 0 Å². The van der Waals surface area contributed by atoms with Crippen molar-refractivity contribution in [2.45, 2.75) is 51.7 Å². The predicted octanol–water partition coefficient (Wildman–Crippen LogP) is 2.62. The number of ether oxygens (including phenoxy) is 1. The second-order valence-corrected chi connectivity index (χ2v) is 6.88. The fourth-order valence-electron chi connectivity index (χ4n) is 2.56. The molecule has 2 aromatic heterocycles. The van der Waals surface area contributed by atoms with Gasteiger partial charge in [0.1, 0.15) is 11.0 Å². The number of hydrogen-bond donors (Lipinski definition) is 1. The molecule has 2 aromatic rings. The van der Waals surface area contributed by atoms with Crippen LogP contribution in [0.3, 0.4) is 0 Å². The summed E-state index contributed by atoms with van der Waals surface area (Å²) in [7, 11) is 0. The smallest absolute Gasteiger partial charge is 0.265 e. The van der Waals surface area contributed by atoms with E-state index in [0.29, 0.717) is 11.4 Å². The lowest BCUT2D eigenvalue weighted by atomic mass is 10.1. The van der Waals surface area contributed by atoms with Gasteiger partial charge in [0, 0.05) is 31.1 Å². The average molecular weight is 347 g/mol. The number of hydrogen-bond acceptors (Lipinski definition) is 7. The van der Waals surface area contributed by atoms with Crippen LogP contribution in [-0.4, -0.2) is 32.1 Å². The molecule has 1 aliphatic heterocycles. The van der Waals surface area contributed by atoms with Crippen LogP contribution >= 0.6 is 11.5 Å². The van der Waals surface area contributed by atoms with E-state index in [0.717, 1.165) is 54.5 Å². The summed E-state index contributed by atoms with van der Waals surface area (Å²) in [6.07, 6.45) is 6.70. The topological polar surface area (TPSA) is 89.9 Å². The van der Waals surface area contributed by atoms with Gasteiger partial charge in [-0.05, 0) is 36.7 Å². The van der Waals surface area contributed by atoms with Crippen LogP contribution in [0.5, 0.6) is 0 Å². The molecule has 1 aliphatic rings. The average Bonchev–Trinajstić information content (AvgIpc) is 3.11. The summed E-state index contributed by atoms with van der Waals surface area (Å²) in [5, 5.41) is 6.90. The second-order valence-electron chi connectivity index (χ2n) is 6.13. The van der Waals surface area contributed by atoms with Crippen LogP contribution in [0.1, 0.15) is 71.9 Å². The van der Waals surface area contributed by atoms with Crippen LogP contribution in [0.25, 0.3) is 0 Å². The van der Waals surface area contributed by atoms with Gasteiger partial charge in [-0.15, -0.1) is 5.10 Å². The van der Waals surface area contributed by atoms with Crippen molar-refractivity contribution in [3.05, 3.63) is 34.4 Å². The maximum atomic E-state index is 12.3. The number of aromatic nitrogens is 4. The molecule has 0 aromatic carbocycles. The number of rotatable bonds is 5.